The molecule has 2 rings (SSSR count). The van der Waals surface area contributed by atoms with Crippen molar-refractivity contribution in [2.45, 2.75) is 26.2 Å². The maximum absolute atomic E-state index is 12.0. The van der Waals surface area contributed by atoms with Crippen LogP contribution in [-0.4, -0.2) is 19.1 Å². The van der Waals surface area contributed by atoms with Gasteiger partial charge in [0.05, 0.1) is 6.54 Å². The first kappa shape index (κ1) is 19.8. The molecule has 0 saturated carbocycles. The number of amides is 1. The van der Waals surface area contributed by atoms with Crippen LogP contribution in [0.25, 0.3) is 0 Å². The van der Waals surface area contributed by atoms with Gasteiger partial charge in [0.2, 0.25) is 0 Å². The number of halogens is 1. The fourth-order valence-electron chi connectivity index (χ4n) is 2.17. The largest absolute Gasteiger partial charge is 0.492 e. The van der Waals surface area contributed by atoms with E-state index < -0.39 is 0 Å². The molecule has 0 unspecified atom stereocenters. The number of nitrogens with two attached hydrogens (primary N) is 1. The first-order valence-electron chi connectivity index (χ1n) is 7.73. The minimum atomic E-state index is -0.149. The number of ether oxygens (including phenoxy) is 1. The standard InChI is InChI=1S/C19H24N2O2.ClH/c1-19(2,3)15-7-5-9-17(13-15)23-11-10-21-18(22)14-6-4-8-16(20)12-14;/h4-9,12-13H,10-11,20H2,1-3H3,(H,21,22);1H. The Morgan fingerprint density at radius 1 is 1.12 bits per heavy atom. The lowest BCUT2D eigenvalue weighted by Crippen LogP contribution is -2.28. The zero-order valence-electron chi connectivity index (χ0n) is 14.3. The van der Waals surface area contributed by atoms with Crippen LogP contribution in [0.3, 0.4) is 0 Å². The van der Waals surface area contributed by atoms with Crippen LogP contribution >= 0.6 is 12.4 Å². The maximum atomic E-state index is 12.0. The fourth-order valence-corrected chi connectivity index (χ4v) is 2.17. The monoisotopic (exact) mass is 348 g/mol. The summed E-state index contributed by atoms with van der Waals surface area (Å²) in [7, 11) is 0. The Hall–Kier alpha value is -2.20. The summed E-state index contributed by atoms with van der Waals surface area (Å²) in [6.45, 7) is 7.35. The number of benzene rings is 2. The molecule has 5 heteroatoms. The third kappa shape index (κ3) is 5.78. The summed E-state index contributed by atoms with van der Waals surface area (Å²) in [5, 5.41) is 2.82. The Morgan fingerprint density at radius 3 is 2.50 bits per heavy atom. The van der Waals surface area contributed by atoms with Crippen LogP contribution in [0.15, 0.2) is 48.5 Å². The van der Waals surface area contributed by atoms with Gasteiger partial charge in [-0.3, -0.25) is 4.79 Å². The highest BCUT2D eigenvalue weighted by Crippen LogP contribution is 2.25. The van der Waals surface area contributed by atoms with Crippen LogP contribution in [0.4, 0.5) is 5.69 Å². The summed E-state index contributed by atoms with van der Waals surface area (Å²) in [5.41, 5.74) is 8.11. The van der Waals surface area contributed by atoms with Gasteiger partial charge in [-0.25, -0.2) is 0 Å². The lowest BCUT2D eigenvalue weighted by Gasteiger charge is -2.19. The van der Waals surface area contributed by atoms with Crippen molar-refractivity contribution < 1.29 is 9.53 Å². The fraction of sp³-hybridized carbons (Fsp3) is 0.316. The number of rotatable bonds is 5. The molecule has 0 atom stereocenters. The molecule has 4 nitrogen and oxygen atoms in total. The second kappa shape index (κ2) is 8.60. The molecule has 0 aliphatic rings. The Morgan fingerprint density at radius 2 is 1.83 bits per heavy atom. The summed E-state index contributed by atoms with van der Waals surface area (Å²) >= 11 is 0. The normalized spacial score (nSPS) is 10.6. The smallest absolute Gasteiger partial charge is 0.251 e. The van der Waals surface area contributed by atoms with Crippen molar-refractivity contribution in [3.63, 3.8) is 0 Å². The van der Waals surface area contributed by atoms with E-state index in [9.17, 15) is 4.79 Å². The first-order chi connectivity index (χ1) is 10.9. The molecular weight excluding hydrogens is 324 g/mol. The highest BCUT2D eigenvalue weighted by molar-refractivity contribution is 5.94. The molecule has 0 spiro atoms. The minimum absolute atomic E-state index is 0. The molecule has 0 bridgehead atoms. The molecule has 0 aliphatic carbocycles. The van der Waals surface area contributed by atoms with Gasteiger partial charge in [0.1, 0.15) is 12.4 Å². The summed E-state index contributed by atoms with van der Waals surface area (Å²) in [6.07, 6.45) is 0. The molecule has 24 heavy (non-hydrogen) atoms. The number of nitrogen functional groups attached to an aromatic ring is 1. The van der Waals surface area contributed by atoms with Gasteiger partial charge in [-0.1, -0.05) is 39.0 Å². The molecule has 1 amide bonds. The lowest BCUT2D eigenvalue weighted by atomic mass is 9.87. The zero-order valence-corrected chi connectivity index (χ0v) is 15.2. The second-order valence-electron chi connectivity index (χ2n) is 6.51. The molecular formula is C19H25ClN2O2. The molecule has 2 aromatic carbocycles. The summed E-state index contributed by atoms with van der Waals surface area (Å²) < 4.78 is 5.71. The third-order valence-corrected chi connectivity index (χ3v) is 3.51. The Labute approximate surface area is 149 Å². The number of hydrogen-bond acceptors (Lipinski definition) is 3. The molecule has 0 aliphatic heterocycles. The van der Waals surface area contributed by atoms with E-state index in [1.165, 1.54) is 5.56 Å². The molecule has 0 aromatic heterocycles. The maximum Gasteiger partial charge on any atom is 0.251 e. The van der Waals surface area contributed by atoms with E-state index in [4.69, 9.17) is 10.5 Å². The highest BCUT2D eigenvalue weighted by Gasteiger charge is 2.13. The highest BCUT2D eigenvalue weighted by atomic mass is 35.5. The van der Waals surface area contributed by atoms with Crippen LogP contribution in [0.2, 0.25) is 0 Å². The van der Waals surface area contributed by atoms with E-state index in [1.54, 1.807) is 24.3 Å². The number of anilines is 1. The molecule has 0 fully saturated rings. The van der Waals surface area contributed by atoms with Crippen LogP contribution in [0.5, 0.6) is 5.75 Å². The van der Waals surface area contributed by atoms with E-state index in [0.29, 0.717) is 24.4 Å². The minimum Gasteiger partial charge on any atom is -0.492 e. The molecule has 130 valence electrons. The van der Waals surface area contributed by atoms with Crippen LogP contribution in [0.1, 0.15) is 36.7 Å². The van der Waals surface area contributed by atoms with Gasteiger partial charge >= 0.3 is 0 Å². The Bertz CT molecular complexity index is 681. The van der Waals surface area contributed by atoms with Crippen LogP contribution in [0, 0.1) is 0 Å². The van der Waals surface area contributed by atoms with E-state index in [2.05, 4.69) is 32.2 Å². The molecule has 2 aromatic rings. The van der Waals surface area contributed by atoms with E-state index in [1.807, 2.05) is 18.2 Å². The summed E-state index contributed by atoms with van der Waals surface area (Å²) in [6, 6.07) is 15.0. The summed E-state index contributed by atoms with van der Waals surface area (Å²) in [4.78, 5) is 12.0. The van der Waals surface area contributed by atoms with Crippen molar-refractivity contribution in [3.8, 4) is 5.75 Å². The molecule has 0 radical (unpaired) electrons. The lowest BCUT2D eigenvalue weighted by molar-refractivity contribution is 0.0947. The van der Waals surface area contributed by atoms with E-state index >= 15 is 0 Å². The van der Waals surface area contributed by atoms with Gasteiger partial charge in [-0.2, -0.15) is 0 Å². The second-order valence-corrected chi connectivity index (χ2v) is 6.51. The van der Waals surface area contributed by atoms with Crippen molar-refractivity contribution in [2.75, 3.05) is 18.9 Å². The van der Waals surface area contributed by atoms with Crippen LogP contribution in [-0.2, 0) is 5.41 Å². The Kier molecular flexibility index (Phi) is 7.11. The van der Waals surface area contributed by atoms with Gasteiger partial charge in [0.15, 0.2) is 0 Å². The molecule has 0 saturated heterocycles. The van der Waals surface area contributed by atoms with Gasteiger partial charge in [-0.15, -0.1) is 12.4 Å². The average molecular weight is 349 g/mol. The number of carbonyl (C=O) groups excluding carboxylic acids is 1. The SMILES string of the molecule is CC(C)(C)c1cccc(OCCNC(=O)c2cccc(N)c2)c1.Cl. The average Bonchev–Trinajstić information content (AvgIpc) is 2.51. The quantitative estimate of drug-likeness (QED) is 0.638. The number of carbonyl (C=O) groups is 1. The van der Waals surface area contributed by atoms with Gasteiger partial charge < -0.3 is 15.8 Å². The summed E-state index contributed by atoms with van der Waals surface area (Å²) in [5.74, 6) is 0.667. The van der Waals surface area contributed by atoms with Gasteiger partial charge in [0, 0.05) is 11.3 Å². The predicted octanol–water partition coefficient (Wildman–Crippen LogP) is 3.80. The number of hydrogen-bond donors (Lipinski definition) is 2. The number of nitrogens with one attached hydrogen (secondary N) is 1. The van der Waals surface area contributed by atoms with Crippen molar-refractivity contribution >= 4 is 24.0 Å². The topological polar surface area (TPSA) is 64.3 Å². The zero-order chi connectivity index (χ0) is 16.9. The first-order valence-corrected chi connectivity index (χ1v) is 7.73. The molecule has 0 heterocycles. The Balaban J connectivity index is 0.00000288. The van der Waals surface area contributed by atoms with E-state index in [-0.39, 0.29) is 23.7 Å². The van der Waals surface area contributed by atoms with Gasteiger partial charge in [-0.05, 0) is 41.3 Å². The van der Waals surface area contributed by atoms with Crippen molar-refractivity contribution in [3.05, 3.63) is 59.7 Å². The third-order valence-electron chi connectivity index (χ3n) is 3.51. The predicted molar refractivity (Wildman–Crippen MR) is 101 cm³/mol. The van der Waals surface area contributed by atoms with Crippen LogP contribution < -0.4 is 15.8 Å². The van der Waals surface area contributed by atoms with Crippen molar-refractivity contribution in [2.24, 2.45) is 0 Å². The molecule has 3 N–H and O–H groups in total. The van der Waals surface area contributed by atoms with Gasteiger partial charge in [0.25, 0.3) is 5.91 Å². The van der Waals surface area contributed by atoms with Crippen molar-refractivity contribution in [1.29, 1.82) is 0 Å². The van der Waals surface area contributed by atoms with Crippen molar-refractivity contribution in [1.82, 2.24) is 5.32 Å². The van der Waals surface area contributed by atoms with E-state index in [0.717, 1.165) is 5.75 Å².